The van der Waals surface area contributed by atoms with E-state index in [1.807, 2.05) is 12.1 Å². The summed E-state index contributed by atoms with van der Waals surface area (Å²) in [6, 6.07) is 8.16. The molecular formula is C15H23NO2. The van der Waals surface area contributed by atoms with Gasteiger partial charge in [0.15, 0.2) is 0 Å². The van der Waals surface area contributed by atoms with E-state index >= 15 is 0 Å². The number of aliphatic hydroxyl groups is 1. The molecule has 18 heavy (non-hydrogen) atoms. The van der Waals surface area contributed by atoms with Crippen molar-refractivity contribution in [2.75, 3.05) is 26.7 Å². The van der Waals surface area contributed by atoms with Gasteiger partial charge in [-0.1, -0.05) is 19.1 Å². The minimum absolute atomic E-state index is 0.157. The van der Waals surface area contributed by atoms with Crippen molar-refractivity contribution in [2.24, 2.45) is 5.92 Å². The Morgan fingerprint density at radius 2 is 2.06 bits per heavy atom. The van der Waals surface area contributed by atoms with Crippen LogP contribution in [0.3, 0.4) is 0 Å². The quantitative estimate of drug-likeness (QED) is 0.885. The second kappa shape index (κ2) is 6.21. The van der Waals surface area contributed by atoms with Gasteiger partial charge in [0.25, 0.3) is 0 Å². The van der Waals surface area contributed by atoms with Gasteiger partial charge in [-0.05, 0) is 37.1 Å². The molecule has 3 nitrogen and oxygen atoms in total. The Bertz CT molecular complexity index is 363. The Morgan fingerprint density at radius 3 is 2.67 bits per heavy atom. The molecule has 0 amide bonds. The molecule has 0 spiro atoms. The summed E-state index contributed by atoms with van der Waals surface area (Å²) in [4.78, 5) is 2.42. The lowest BCUT2D eigenvalue weighted by Crippen LogP contribution is -2.43. The Kier molecular flexibility index (Phi) is 4.61. The number of likely N-dealkylation sites (tertiary alicyclic amines) is 1. The third-order valence-electron chi connectivity index (χ3n) is 3.88. The standard InChI is InChI=1S/C15H23NO2/c1-3-16-9-8-15(17)13(11-16)10-12-4-6-14(18-2)7-5-12/h4-7,13,15,17H,3,8-11H2,1-2H3. The molecule has 0 saturated carbocycles. The summed E-state index contributed by atoms with van der Waals surface area (Å²) in [5.41, 5.74) is 1.28. The topological polar surface area (TPSA) is 32.7 Å². The van der Waals surface area contributed by atoms with Gasteiger partial charge < -0.3 is 14.7 Å². The maximum Gasteiger partial charge on any atom is 0.118 e. The molecule has 1 saturated heterocycles. The molecule has 2 unspecified atom stereocenters. The lowest BCUT2D eigenvalue weighted by Gasteiger charge is -2.35. The Morgan fingerprint density at radius 1 is 1.33 bits per heavy atom. The summed E-state index contributed by atoms with van der Waals surface area (Å²) in [5.74, 6) is 1.24. The molecule has 1 fully saturated rings. The zero-order chi connectivity index (χ0) is 13.0. The maximum absolute atomic E-state index is 10.1. The zero-order valence-corrected chi connectivity index (χ0v) is 11.3. The number of benzene rings is 1. The highest BCUT2D eigenvalue weighted by Crippen LogP contribution is 2.22. The summed E-state index contributed by atoms with van der Waals surface area (Å²) < 4.78 is 5.16. The molecule has 0 bridgehead atoms. The first-order chi connectivity index (χ1) is 8.72. The molecule has 0 aliphatic carbocycles. The fourth-order valence-electron chi connectivity index (χ4n) is 2.65. The van der Waals surface area contributed by atoms with E-state index in [0.717, 1.165) is 38.2 Å². The number of hydrogen-bond donors (Lipinski definition) is 1. The SMILES string of the molecule is CCN1CCC(O)C(Cc2ccc(OC)cc2)C1. The van der Waals surface area contributed by atoms with E-state index in [1.54, 1.807) is 7.11 Å². The van der Waals surface area contributed by atoms with Crippen LogP contribution in [0.2, 0.25) is 0 Å². The van der Waals surface area contributed by atoms with Crippen molar-refractivity contribution in [1.29, 1.82) is 0 Å². The first kappa shape index (κ1) is 13.4. The number of piperidine rings is 1. The van der Waals surface area contributed by atoms with Crippen molar-refractivity contribution in [3.05, 3.63) is 29.8 Å². The van der Waals surface area contributed by atoms with Crippen LogP contribution in [-0.2, 0) is 6.42 Å². The van der Waals surface area contributed by atoms with E-state index < -0.39 is 0 Å². The van der Waals surface area contributed by atoms with Gasteiger partial charge in [0, 0.05) is 19.0 Å². The number of rotatable bonds is 4. The van der Waals surface area contributed by atoms with Gasteiger partial charge in [0.2, 0.25) is 0 Å². The smallest absolute Gasteiger partial charge is 0.118 e. The molecule has 1 heterocycles. The van der Waals surface area contributed by atoms with Crippen LogP contribution in [0, 0.1) is 5.92 Å². The van der Waals surface area contributed by atoms with Crippen LogP contribution < -0.4 is 4.74 Å². The third-order valence-corrected chi connectivity index (χ3v) is 3.88. The Balaban J connectivity index is 1.97. The summed E-state index contributed by atoms with van der Waals surface area (Å²) in [7, 11) is 1.68. The van der Waals surface area contributed by atoms with Crippen LogP contribution >= 0.6 is 0 Å². The minimum Gasteiger partial charge on any atom is -0.497 e. The molecule has 2 rings (SSSR count). The molecule has 1 aromatic rings. The number of nitrogens with zero attached hydrogens (tertiary/aromatic N) is 1. The highest BCUT2D eigenvalue weighted by atomic mass is 16.5. The zero-order valence-electron chi connectivity index (χ0n) is 11.3. The van der Waals surface area contributed by atoms with Crippen LogP contribution in [0.1, 0.15) is 18.9 Å². The van der Waals surface area contributed by atoms with Crippen molar-refractivity contribution in [2.45, 2.75) is 25.9 Å². The van der Waals surface area contributed by atoms with Crippen LogP contribution in [0.25, 0.3) is 0 Å². The average molecular weight is 249 g/mol. The Labute approximate surface area is 109 Å². The number of aliphatic hydroxyl groups excluding tert-OH is 1. The molecule has 0 aromatic heterocycles. The first-order valence-corrected chi connectivity index (χ1v) is 6.76. The number of ether oxygens (including phenoxy) is 1. The van der Waals surface area contributed by atoms with E-state index in [9.17, 15) is 5.11 Å². The van der Waals surface area contributed by atoms with Crippen molar-refractivity contribution in [3.63, 3.8) is 0 Å². The summed E-state index contributed by atoms with van der Waals surface area (Å²) in [5, 5.41) is 10.1. The predicted molar refractivity (Wildman–Crippen MR) is 72.9 cm³/mol. The summed E-state index contributed by atoms with van der Waals surface area (Å²) >= 11 is 0. The maximum atomic E-state index is 10.1. The molecule has 3 heteroatoms. The van der Waals surface area contributed by atoms with E-state index in [-0.39, 0.29) is 6.10 Å². The molecule has 1 aromatic carbocycles. The lowest BCUT2D eigenvalue weighted by atomic mass is 9.89. The van der Waals surface area contributed by atoms with E-state index in [4.69, 9.17) is 4.74 Å². The van der Waals surface area contributed by atoms with Gasteiger partial charge in [-0.15, -0.1) is 0 Å². The molecule has 0 radical (unpaired) electrons. The van der Waals surface area contributed by atoms with Gasteiger partial charge >= 0.3 is 0 Å². The number of hydrogen-bond acceptors (Lipinski definition) is 3. The van der Waals surface area contributed by atoms with Crippen molar-refractivity contribution >= 4 is 0 Å². The highest BCUT2D eigenvalue weighted by Gasteiger charge is 2.26. The normalized spacial score (nSPS) is 25.1. The molecule has 1 aliphatic rings. The van der Waals surface area contributed by atoms with Gasteiger partial charge in [-0.3, -0.25) is 0 Å². The van der Waals surface area contributed by atoms with E-state index in [2.05, 4.69) is 24.0 Å². The molecule has 1 N–H and O–H groups in total. The van der Waals surface area contributed by atoms with Crippen molar-refractivity contribution in [1.82, 2.24) is 4.90 Å². The van der Waals surface area contributed by atoms with Crippen LogP contribution in [0.15, 0.2) is 24.3 Å². The fourth-order valence-corrected chi connectivity index (χ4v) is 2.65. The van der Waals surface area contributed by atoms with Crippen LogP contribution in [-0.4, -0.2) is 42.9 Å². The first-order valence-electron chi connectivity index (χ1n) is 6.76. The van der Waals surface area contributed by atoms with Gasteiger partial charge in [-0.25, -0.2) is 0 Å². The van der Waals surface area contributed by atoms with Gasteiger partial charge in [0.1, 0.15) is 5.75 Å². The van der Waals surface area contributed by atoms with E-state index in [1.165, 1.54) is 5.56 Å². The van der Waals surface area contributed by atoms with Crippen LogP contribution in [0.4, 0.5) is 0 Å². The fraction of sp³-hybridized carbons (Fsp3) is 0.600. The summed E-state index contributed by atoms with van der Waals surface area (Å²) in [6.45, 7) is 5.29. The number of methoxy groups -OCH3 is 1. The second-order valence-corrected chi connectivity index (χ2v) is 5.06. The Hall–Kier alpha value is -1.06. The highest BCUT2D eigenvalue weighted by molar-refractivity contribution is 5.27. The van der Waals surface area contributed by atoms with Crippen molar-refractivity contribution < 1.29 is 9.84 Å². The van der Waals surface area contributed by atoms with E-state index in [0.29, 0.717) is 5.92 Å². The monoisotopic (exact) mass is 249 g/mol. The second-order valence-electron chi connectivity index (χ2n) is 5.06. The van der Waals surface area contributed by atoms with Crippen molar-refractivity contribution in [3.8, 4) is 5.75 Å². The minimum atomic E-state index is -0.157. The van der Waals surface area contributed by atoms with Crippen LogP contribution in [0.5, 0.6) is 5.75 Å². The van der Waals surface area contributed by atoms with Gasteiger partial charge in [-0.2, -0.15) is 0 Å². The predicted octanol–water partition coefficient (Wildman–Crippen LogP) is 1.94. The third kappa shape index (κ3) is 3.24. The largest absolute Gasteiger partial charge is 0.497 e. The van der Waals surface area contributed by atoms with Gasteiger partial charge in [0.05, 0.1) is 13.2 Å². The molecule has 1 aliphatic heterocycles. The lowest BCUT2D eigenvalue weighted by molar-refractivity contribution is 0.0290. The summed E-state index contributed by atoms with van der Waals surface area (Å²) in [6.07, 6.45) is 1.69. The molecule has 2 atom stereocenters. The molecular weight excluding hydrogens is 226 g/mol. The molecule has 100 valence electrons. The average Bonchev–Trinajstić information content (AvgIpc) is 2.42.